The van der Waals surface area contributed by atoms with Crippen LogP contribution in [-0.4, -0.2) is 12.1 Å². The fraction of sp³-hybridized carbons (Fsp3) is 0.667. The molecule has 0 amide bonds. The Bertz CT molecular complexity index is 182. The summed E-state index contributed by atoms with van der Waals surface area (Å²) in [6, 6.07) is 0. The first-order valence-corrected chi connectivity index (χ1v) is 4.06. The molecule has 0 fully saturated rings. The van der Waals surface area contributed by atoms with Crippen molar-refractivity contribution in [2.24, 2.45) is 0 Å². The van der Waals surface area contributed by atoms with Gasteiger partial charge in [0, 0.05) is 6.92 Å². The van der Waals surface area contributed by atoms with Crippen molar-refractivity contribution in [1.82, 2.24) is 0 Å². The highest BCUT2D eigenvalue weighted by atomic mass is 16.5. The average Bonchev–Trinajstić information content (AvgIpc) is 2.35. The molecule has 1 aliphatic rings. The predicted molar refractivity (Wildman–Crippen MR) is 43.2 cm³/mol. The van der Waals surface area contributed by atoms with Gasteiger partial charge >= 0.3 is 5.97 Å². The maximum Gasteiger partial charge on any atom is 0.303 e. The van der Waals surface area contributed by atoms with Gasteiger partial charge in [-0.05, 0) is 31.8 Å². The van der Waals surface area contributed by atoms with Crippen LogP contribution in [0, 0.1) is 0 Å². The summed E-state index contributed by atoms with van der Waals surface area (Å²) < 4.78 is 5.03. The standard InChI is InChI=1S/C9H14O2/c1-7(11-8(2)10)9-5-3-4-6-9/h5,7H,3-4,6H2,1-2H3. The fourth-order valence-corrected chi connectivity index (χ4v) is 1.39. The summed E-state index contributed by atoms with van der Waals surface area (Å²) in [5.41, 5.74) is 1.28. The maximum absolute atomic E-state index is 10.6. The van der Waals surface area contributed by atoms with Crippen molar-refractivity contribution >= 4 is 5.97 Å². The molecule has 0 aliphatic heterocycles. The minimum atomic E-state index is -0.190. The molecule has 62 valence electrons. The zero-order valence-corrected chi connectivity index (χ0v) is 7.09. The topological polar surface area (TPSA) is 26.3 Å². The lowest BCUT2D eigenvalue weighted by molar-refractivity contribution is -0.143. The Balaban J connectivity index is 2.40. The third-order valence-corrected chi connectivity index (χ3v) is 1.94. The van der Waals surface area contributed by atoms with Crippen molar-refractivity contribution in [3.8, 4) is 0 Å². The quantitative estimate of drug-likeness (QED) is 0.449. The normalized spacial score (nSPS) is 19.3. The first kappa shape index (κ1) is 8.31. The van der Waals surface area contributed by atoms with E-state index in [1.807, 2.05) is 6.92 Å². The number of carbonyl (C=O) groups is 1. The van der Waals surface area contributed by atoms with Gasteiger partial charge in [-0.3, -0.25) is 4.79 Å². The molecule has 1 atom stereocenters. The Morgan fingerprint density at radius 3 is 2.91 bits per heavy atom. The molecule has 0 heterocycles. The van der Waals surface area contributed by atoms with Crippen LogP contribution in [0.1, 0.15) is 33.1 Å². The SMILES string of the molecule is CC(=O)OC(C)C1=CCCC1. The number of carbonyl (C=O) groups excluding carboxylic acids is 1. The molecule has 0 saturated carbocycles. The first-order valence-electron chi connectivity index (χ1n) is 4.06. The molecular weight excluding hydrogens is 140 g/mol. The molecule has 2 nitrogen and oxygen atoms in total. The lowest BCUT2D eigenvalue weighted by Crippen LogP contribution is -2.13. The van der Waals surface area contributed by atoms with Gasteiger partial charge in [0.15, 0.2) is 0 Å². The molecular formula is C9H14O2. The molecule has 1 rings (SSSR count). The number of hydrogen-bond donors (Lipinski definition) is 0. The second-order valence-corrected chi connectivity index (χ2v) is 2.92. The molecule has 0 radical (unpaired) electrons. The van der Waals surface area contributed by atoms with Gasteiger partial charge in [-0.15, -0.1) is 0 Å². The molecule has 2 heteroatoms. The minimum Gasteiger partial charge on any atom is -0.458 e. The molecule has 0 bridgehead atoms. The fourth-order valence-electron chi connectivity index (χ4n) is 1.39. The van der Waals surface area contributed by atoms with Crippen LogP contribution in [0.5, 0.6) is 0 Å². The van der Waals surface area contributed by atoms with Gasteiger partial charge in [0.25, 0.3) is 0 Å². The Kier molecular flexibility index (Phi) is 2.69. The van der Waals surface area contributed by atoms with Gasteiger partial charge < -0.3 is 4.74 Å². The van der Waals surface area contributed by atoms with Crippen LogP contribution in [-0.2, 0) is 9.53 Å². The molecule has 0 aromatic rings. The number of hydrogen-bond acceptors (Lipinski definition) is 2. The van der Waals surface area contributed by atoms with Gasteiger partial charge in [0.2, 0.25) is 0 Å². The highest BCUT2D eigenvalue weighted by Gasteiger charge is 2.14. The zero-order valence-electron chi connectivity index (χ0n) is 7.09. The van der Waals surface area contributed by atoms with Gasteiger partial charge in [-0.25, -0.2) is 0 Å². The Morgan fingerprint density at radius 1 is 1.73 bits per heavy atom. The second-order valence-electron chi connectivity index (χ2n) is 2.92. The lowest BCUT2D eigenvalue weighted by Gasteiger charge is -2.12. The monoisotopic (exact) mass is 154 g/mol. The zero-order chi connectivity index (χ0) is 8.27. The summed E-state index contributed by atoms with van der Waals surface area (Å²) in [5.74, 6) is -0.190. The molecule has 1 aliphatic carbocycles. The Hall–Kier alpha value is -0.790. The van der Waals surface area contributed by atoms with Crippen molar-refractivity contribution in [3.63, 3.8) is 0 Å². The van der Waals surface area contributed by atoms with E-state index in [-0.39, 0.29) is 12.1 Å². The Labute approximate surface area is 67.2 Å². The predicted octanol–water partition coefficient (Wildman–Crippen LogP) is 2.05. The van der Waals surface area contributed by atoms with Gasteiger partial charge in [-0.1, -0.05) is 6.08 Å². The van der Waals surface area contributed by atoms with E-state index in [9.17, 15) is 4.79 Å². The minimum absolute atomic E-state index is 0.00463. The third kappa shape index (κ3) is 2.37. The van der Waals surface area contributed by atoms with Crippen LogP contribution in [0.2, 0.25) is 0 Å². The van der Waals surface area contributed by atoms with Crippen LogP contribution in [0.4, 0.5) is 0 Å². The number of ether oxygens (including phenoxy) is 1. The summed E-state index contributed by atoms with van der Waals surface area (Å²) in [5, 5.41) is 0. The summed E-state index contributed by atoms with van der Waals surface area (Å²) in [6.07, 6.45) is 5.61. The highest BCUT2D eigenvalue weighted by molar-refractivity contribution is 5.66. The molecule has 0 aromatic carbocycles. The highest BCUT2D eigenvalue weighted by Crippen LogP contribution is 2.22. The molecule has 0 spiro atoms. The molecule has 1 unspecified atom stereocenters. The number of rotatable bonds is 2. The largest absolute Gasteiger partial charge is 0.458 e. The molecule has 0 aromatic heterocycles. The molecule has 0 N–H and O–H groups in total. The van der Waals surface area contributed by atoms with Crippen molar-refractivity contribution in [1.29, 1.82) is 0 Å². The van der Waals surface area contributed by atoms with E-state index in [0.717, 1.165) is 12.8 Å². The van der Waals surface area contributed by atoms with Crippen LogP contribution in [0.3, 0.4) is 0 Å². The van der Waals surface area contributed by atoms with E-state index >= 15 is 0 Å². The van der Waals surface area contributed by atoms with E-state index in [4.69, 9.17) is 4.74 Å². The number of esters is 1. The average molecular weight is 154 g/mol. The van der Waals surface area contributed by atoms with E-state index in [0.29, 0.717) is 0 Å². The second kappa shape index (κ2) is 3.56. The van der Waals surface area contributed by atoms with E-state index in [2.05, 4.69) is 6.08 Å². The number of allylic oxidation sites excluding steroid dienone is 1. The van der Waals surface area contributed by atoms with Gasteiger partial charge in [0.05, 0.1) is 0 Å². The first-order chi connectivity index (χ1) is 5.20. The van der Waals surface area contributed by atoms with Crippen molar-refractivity contribution in [3.05, 3.63) is 11.6 Å². The van der Waals surface area contributed by atoms with Crippen LogP contribution in [0.25, 0.3) is 0 Å². The lowest BCUT2D eigenvalue weighted by atomic mass is 10.1. The van der Waals surface area contributed by atoms with E-state index in [1.54, 1.807) is 0 Å². The van der Waals surface area contributed by atoms with Crippen LogP contribution >= 0.6 is 0 Å². The third-order valence-electron chi connectivity index (χ3n) is 1.94. The smallest absolute Gasteiger partial charge is 0.303 e. The van der Waals surface area contributed by atoms with E-state index < -0.39 is 0 Å². The van der Waals surface area contributed by atoms with Crippen LogP contribution < -0.4 is 0 Å². The van der Waals surface area contributed by atoms with Crippen molar-refractivity contribution < 1.29 is 9.53 Å². The van der Waals surface area contributed by atoms with Crippen LogP contribution in [0.15, 0.2) is 11.6 Å². The summed E-state index contributed by atoms with van der Waals surface area (Å²) in [6.45, 7) is 3.38. The summed E-state index contributed by atoms with van der Waals surface area (Å²) in [7, 11) is 0. The molecule has 11 heavy (non-hydrogen) atoms. The van der Waals surface area contributed by atoms with Crippen molar-refractivity contribution in [2.45, 2.75) is 39.2 Å². The van der Waals surface area contributed by atoms with Gasteiger partial charge in [-0.2, -0.15) is 0 Å². The Morgan fingerprint density at radius 2 is 2.45 bits per heavy atom. The summed E-state index contributed by atoms with van der Waals surface area (Å²) >= 11 is 0. The van der Waals surface area contributed by atoms with Crippen molar-refractivity contribution in [2.75, 3.05) is 0 Å². The maximum atomic E-state index is 10.6. The van der Waals surface area contributed by atoms with E-state index in [1.165, 1.54) is 18.9 Å². The molecule has 0 saturated heterocycles. The summed E-state index contributed by atoms with van der Waals surface area (Å²) in [4.78, 5) is 10.6. The van der Waals surface area contributed by atoms with Gasteiger partial charge in [0.1, 0.15) is 6.10 Å².